The topological polar surface area (TPSA) is 56.7 Å². The number of thioether (sulfide) groups is 1. The van der Waals surface area contributed by atoms with E-state index in [9.17, 15) is 4.79 Å². The molecule has 0 spiro atoms. The van der Waals surface area contributed by atoms with E-state index in [2.05, 4.69) is 52.8 Å². The molecular weight excluding hydrogens is 356 g/mol. The molecule has 0 aliphatic carbocycles. The molecule has 1 heterocycles. The second-order valence-electron chi connectivity index (χ2n) is 7.97. The summed E-state index contributed by atoms with van der Waals surface area (Å²) in [5.74, 6) is 2.86. The highest BCUT2D eigenvalue weighted by Crippen LogP contribution is 2.25. The zero-order valence-corrected chi connectivity index (χ0v) is 17.9. The molecule has 0 bridgehead atoms. The van der Waals surface area contributed by atoms with Gasteiger partial charge in [0.15, 0.2) is 5.96 Å². The molecule has 1 aromatic carbocycles. The summed E-state index contributed by atoms with van der Waals surface area (Å²) in [6, 6.07) is 10.6. The minimum atomic E-state index is -0.354. The summed E-state index contributed by atoms with van der Waals surface area (Å²) in [6.07, 6.45) is 1.20. The number of carbonyl (C=O) groups is 1. The summed E-state index contributed by atoms with van der Waals surface area (Å²) >= 11 is 1.94. The van der Waals surface area contributed by atoms with Crippen LogP contribution in [0.2, 0.25) is 0 Å². The Morgan fingerprint density at radius 3 is 2.67 bits per heavy atom. The largest absolute Gasteiger partial charge is 0.357 e. The molecule has 6 heteroatoms. The van der Waals surface area contributed by atoms with Crippen LogP contribution in [0, 0.1) is 11.3 Å². The van der Waals surface area contributed by atoms with Crippen molar-refractivity contribution in [3.8, 4) is 0 Å². The first kappa shape index (κ1) is 21.6. The van der Waals surface area contributed by atoms with Gasteiger partial charge in [-0.25, -0.2) is 0 Å². The van der Waals surface area contributed by atoms with Crippen molar-refractivity contribution >= 4 is 23.6 Å². The van der Waals surface area contributed by atoms with Crippen molar-refractivity contribution in [3.05, 3.63) is 30.3 Å². The number of rotatable bonds is 7. The molecule has 0 aromatic heterocycles. The lowest BCUT2D eigenvalue weighted by Gasteiger charge is -2.22. The molecule has 2 rings (SSSR count). The first-order chi connectivity index (χ1) is 12.9. The summed E-state index contributed by atoms with van der Waals surface area (Å²) < 4.78 is 0. The van der Waals surface area contributed by atoms with Crippen LogP contribution in [-0.2, 0) is 4.79 Å². The molecule has 5 nitrogen and oxygen atoms in total. The van der Waals surface area contributed by atoms with Gasteiger partial charge in [-0.05, 0) is 31.4 Å². The molecule has 1 saturated heterocycles. The molecule has 1 amide bonds. The molecule has 150 valence electrons. The molecule has 1 unspecified atom stereocenters. The minimum absolute atomic E-state index is 0.0712. The van der Waals surface area contributed by atoms with Crippen LogP contribution in [0.1, 0.15) is 34.1 Å². The number of likely N-dealkylation sites (tertiary alicyclic amines) is 1. The van der Waals surface area contributed by atoms with E-state index < -0.39 is 0 Å². The zero-order chi connectivity index (χ0) is 19.7. The Bertz CT molecular complexity index is 612. The van der Waals surface area contributed by atoms with Crippen molar-refractivity contribution < 1.29 is 4.79 Å². The van der Waals surface area contributed by atoms with Gasteiger partial charge >= 0.3 is 0 Å². The van der Waals surface area contributed by atoms with Crippen molar-refractivity contribution in [2.75, 3.05) is 38.5 Å². The molecular formula is C21H34N4OS. The fourth-order valence-corrected chi connectivity index (χ4v) is 3.96. The van der Waals surface area contributed by atoms with E-state index in [1.165, 1.54) is 11.3 Å². The second kappa shape index (κ2) is 10.6. The van der Waals surface area contributed by atoms with E-state index >= 15 is 0 Å². The van der Waals surface area contributed by atoms with Gasteiger partial charge in [0.25, 0.3) is 0 Å². The van der Waals surface area contributed by atoms with Gasteiger partial charge in [-0.3, -0.25) is 9.79 Å². The number of amides is 1. The number of hydrogen-bond donors (Lipinski definition) is 2. The molecule has 0 saturated carbocycles. The Morgan fingerprint density at radius 2 is 2.00 bits per heavy atom. The van der Waals surface area contributed by atoms with Gasteiger partial charge in [-0.15, -0.1) is 11.8 Å². The average molecular weight is 391 g/mol. The fraction of sp³-hybridized carbons (Fsp3) is 0.619. The van der Waals surface area contributed by atoms with Crippen LogP contribution < -0.4 is 10.6 Å². The normalized spacial score (nSPS) is 17.9. The van der Waals surface area contributed by atoms with Gasteiger partial charge in [0.05, 0.1) is 6.54 Å². The van der Waals surface area contributed by atoms with Crippen LogP contribution in [0.3, 0.4) is 0 Å². The monoisotopic (exact) mass is 390 g/mol. The predicted molar refractivity (Wildman–Crippen MR) is 115 cm³/mol. The number of nitrogens with one attached hydrogen (secondary N) is 2. The first-order valence-corrected chi connectivity index (χ1v) is 10.9. The number of hydrogen-bond acceptors (Lipinski definition) is 3. The Balaban J connectivity index is 1.79. The number of nitrogens with zero attached hydrogens (tertiary/aromatic N) is 2. The van der Waals surface area contributed by atoms with Gasteiger partial charge in [0.1, 0.15) is 0 Å². The van der Waals surface area contributed by atoms with Crippen LogP contribution in [0.5, 0.6) is 0 Å². The Hall–Kier alpha value is -1.69. The maximum Gasteiger partial charge on any atom is 0.225 e. The zero-order valence-electron chi connectivity index (χ0n) is 17.1. The fourth-order valence-electron chi connectivity index (χ4n) is 2.91. The van der Waals surface area contributed by atoms with E-state index in [4.69, 9.17) is 4.99 Å². The van der Waals surface area contributed by atoms with Gasteiger partial charge in [0, 0.05) is 42.2 Å². The quantitative estimate of drug-likeness (QED) is 0.325. The summed E-state index contributed by atoms with van der Waals surface area (Å²) in [5.41, 5.74) is -0.354. The maximum absolute atomic E-state index is 11.9. The summed E-state index contributed by atoms with van der Waals surface area (Å²) in [4.78, 5) is 20.3. The van der Waals surface area contributed by atoms with E-state index in [0.717, 1.165) is 31.3 Å². The van der Waals surface area contributed by atoms with Gasteiger partial charge in [-0.2, -0.15) is 0 Å². The highest BCUT2D eigenvalue weighted by molar-refractivity contribution is 7.99. The third kappa shape index (κ3) is 7.45. The number of aliphatic imine (C=N–C) groups is 1. The highest BCUT2D eigenvalue weighted by atomic mass is 32.2. The second-order valence-corrected chi connectivity index (χ2v) is 9.06. The number of carbonyl (C=O) groups excluding carboxylic acids is 1. The molecule has 1 fully saturated rings. The van der Waals surface area contributed by atoms with Crippen molar-refractivity contribution in [1.29, 1.82) is 0 Å². The van der Waals surface area contributed by atoms with E-state index in [-0.39, 0.29) is 11.3 Å². The lowest BCUT2D eigenvalue weighted by Crippen LogP contribution is -2.41. The average Bonchev–Trinajstić information content (AvgIpc) is 3.11. The molecule has 27 heavy (non-hydrogen) atoms. The van der Waals surface area contributed by atoms with Crippen molar-refractivity contribution in [2.45, 2.75) is 39.0 Å². The number of guanidine groups is 1. The summed E-state index contributed by atoms with van der Waals surface area (Å²) in [5, 5.41) is 6.36. The third-order valence-electron chi connectivity index (χ3n) is 4.49. The Morgan fingerprint density at radius 1 is 1.26 bits per heavy atom. The molecule has 2 N–H and O–H groups in total. The van der Waals surface area contributed by atoms with E-state index in [1.807, 2.05) is 32.5 Å². The van der Waals surface area contributed by atoms with Crippen LogP contribution in [-0.4, -0.2) is 55.2 Å². The third-order valence-corrected chi connectivity index (χ3v) is 5.73. The Kier molecular flexibility index (Phi) is 8.48. The SMILES string of the molecule is CCNC(=NCCNC(=O)C(C)(C)C)N1CCC(CSc2ccccc2)C1. The van der Waals surface area contributed by atoms with Crippen LogP contribution >= 0.6 is 11.8 Å². The summed E-state index contributed by atoms with van der Waals surface area (Å²) in [6.45, 7) is 12.0. The molecule has 0 radical (unpaired) electrons. The predicted octanol–water partition coefficient (Wildman–Crippen LogP) is 3.23. The lowest BCUT2D eigenvalue weighted by molar-refractivity contribution is -0.128. The van der Waals surface area contributed by atoms with Gasteiger partial charge in [0.2, 0.25) is 5.91 Å². The first-order valence-electron chi connectivity index (χ1n) is 9.89. The number of benzene rings is 1. The smallest absolute Gasteiger partial charge is 0.225 e. The van der Waals surface area contributed by atoms with Crippen molar-refractivity contribution in [3.63, 3.8) is 0 Å². The summed E-state index contributed by atoms with van der Waals surface area (Å²) in [7, 11) is 0. The van der Waals surface area contributed by atoms with Crippen LogP contribution in [0.4, 0.5) is 0 Å². The van der Waals surface area contributed by atoms with Gasteiger partial charge in [-0.1, -0.05) is 39.0 Å². The Labute approximate surface area is 168 Å². The van der Waals surface area contributed by atoms with Gasteiger partial charge < -0.3 is 15.5 Å². The van der Waals surface area contributed by atoms with E-state index in [1.54, 1.807) is 0 Å². The van der Waals surface area contributed by atoms with E-state index in [0.29, 0.717) is 19.0 Å². The lowest BCUT2D eigenvalue weighted by atomic mass is 9.96. The standard InChI is InChI=1S/C21H34N4OS/c1-5-22-20(24-13-12-23-19(26)21(2,3)4)25-14-11-17(15-25)16-27-18-9-7-6-8-10-18/h6-10,17H,5,11-16H2,1-4H3,(H,22,24)(H,23,26). The highest BCUT2D eigenvalue weighted by Gasteiger charge is 2.25. The van der Waals surface area contributed by atoms with Crippen molar-refractivity contribution in [1.82, 2.24) is 15.5 Å². The van der Waals surface area contributed by atoms with Crippen LogP contribution in [0.15, 0.2) is 40.2 Å². The minimum Gasteiger partial charge on any atom is -0.357 e. The molecule has 1 atom stereocenters. The van der Waals surface area contributed by atoms with Crippen molar-refractivity contribution in [2.24, 2.45) is 16.3 Å². The molecule has 1 aliphatic heterocycles. The van der Waals surface area contributed by atoms with Crippen LogP contribution in [0.25, 0.3) is 0 Å². The molecule has 1 aromatic rings. The molecule has 1 aliphatic rings. The maximum atomic E-state index is 11.9.